The average molecular weight is 267 g/mol. The normalized spacial score (nSPS) is 35.5. The van der Waals surface area contributed by atoms with Crippen molar-refractivity contribution < 1.29 is 0 Å². The van der Waals surface area contributed by atoms with Crippen molar-refractivity contribution in [3.05, 3.63) is 0 Å². The minimum absolute atomic E-state index is 0.289. The summed E-state index contributed by atoms with van der Waals surface area (Å²) >= 11 is 0. The van der Waals surface area contributed by atoms with Gasteiger partial charge < -0.3 is 10.6 Å². The fourth-order valence-electron chi connectivity index (χ4n) is 4.47. The van der Waals surface area contributed by atoms with Crippen LogP contribution in [0.4, 0.5) is 0 Å². The largest absolute Gasteiger partial charge is 0.329 e. The Labute approximate surface area is 119 Å². The maximum Gasteiger partial charge on any atom is 0.0362 e. The molecule has 1 saturated heterocycles. The highest BCUT2D eigenvalue weighted by molar-refractivity contribution is 5.01. The second kappa shape index (κ2) is 6.55. The average Bonchev–Trinajstić information content (AvgIpc) is 2.63. The molecule has 0 aromatic rings. The van der Waals surface area contributed by atoms with Gasteiger partial charge in [-0.3, -0.25) is 4.90 Å². The molecule has 0 spiro atoms. The Kier molecular flexibility index (Phi) is 5.27. The van der Waals surface area contributed by atoms with Crippen LogP contribution in [0, 0.1) is 11.8 Å². The summed E-state index contributed by atoms with van der Waals surface area (Å²) < 4.78 is 0. The third kappa shape index (κ3) is 3.14. The van der Waals surface area contributed by atoms with Gasteiger partial charge in [-0.1, -0.05) is 26.7 Å². The van der Waals surface area contributed by atoms with E-state index < -0.39 is 0 Å². The Balaban J connectivity index is 2.18. The molecule has 3 nitrogen and oxygen atoms in total. The van der Waals surface area contributed by atoms with Gasteiger partial charge in [-0.25, -0.2) is 0 Å². The van der Waals surface area contributed by atoms with Crippen LogP contribution < -0.4 is 5.73 Å². The van der Waals surface area contributed by atoms with E-state index in [9.17, 15) is 0 Å². The summed E-state index contributed by atoms with van der Waals surface area (Å²) in [5, 5.41) is 0. The predicted molar refractivity (Wildman–Crippen MR) is 82.3 cm³/mol. The molecule has 2 rings (SSSR count). The highest BCUT2D eigenvalue weighted by atomic mass is 15.3. The zero-order valence-corrected chi connectivity index (χ0v) is 13.2. The summed E-state index contributed by atoms with van der Waals surface area (Å²) in [4.78, 5) is 5.23. The van der Waals surface area contributed by atoms with Crippen LogP contribution in [0.25, 0.3) is 0 Å². The van der Waals surface area contributed by atoms with Gasteiger partial charge in [0.2, 0.25) is 0 Å². The van der Waals surface area contributed by atoms with Crippen molar-refractivity contribution in [3.8, 4) is 0 Å². The van der Waals surface area contributed by atoms with E-state index in [1.54, 1.807) is 0 Å². The Morgan fingerprint density at radius 3 is 2.58 bits per heavy atom. The lowest BCUT2D eigenvalue weighted by Gasteiger charge is -2.52. The summed E-state index contributed by atoms with van der Waals surface area (Å²) in [5.41, 5.74) is 6.62. The van der Waals surface area contributed by atoms with Crippen molar-refractivity contribution >= 4 is 0 Å². The standard InChI is InChI=1S/C16H33N3/c1-14(2)15-7-4-5-8-16(15,13-17)19-10-6-9-18(3)11-12-19/h14-15H,4-13,17H2,1-3H3. The van der Waals surface area contributed by atoms with Crippen LogP contribution in [0.5, 0.6) is 0 Å². The third-order valence-corrected chi connectivity index (χ3v) is 5.57. The lowest BCUT2D eigenvalue weighted by Crippen LogP contribution is -2.61. The van der Waals surface area contributed by atoms with Crippen LogP contribution in [-0.2, 0) is 0 Å². The van der Waals surface area contributed by atoms with Gasteiger partial charge >= 0.3 is 0 Å². The zero-order valence-electron chi connectivity index (χ0n) is 13.2. The Morgan fingerprint density at radius 1 is 1.11 bits per heavy atom. The van der Waals surface area contributed by atoms with Crippen LogP contribution in [0.3, 0.4) is 0 Å². The smallest absolute Gasteiger partial charge is 0.0362 e. The third-order valence-electron chi connectivity index (χ3n) is 5.57. The summed E-state index contributed by atoms with van der Waals surface area (Å²) in [7, 11) is 2.25. The first-order valence-corrected chi connectivity index (χ1v) is 8.24. The van der Waals surface area contributed by atoms with E-state index in [-0.39, 0.29) is 5.54 Å². The topological polar surface area (TPSA) is 32.5 Å². The second-order valence-electron chi connectivity index (χ2n) is 7.05. The molecular formula is C16H33N3. The van der Waals surface area contributed by atoms with Gasteiger partial charge in [0.15, 0.2) is 0 Å². The van der Waals surface area contributed by atoms with Gasteiger partial charge in [0.1, 0.15) is 0 Å². The molecule has 112 valence electrons. The number of likely N-dealkylation sites (N-methyl/N-ethyl adjacent to an activating group) is 1. The molecular weight excluding hydrogens is 234 g/mol. The fraction of sp³-hybridized carbons (Fsp3) is 1.00. The van der Waals surface area contributed by atoms with E-state index in [0.29, 0.717) is 0 Å². The molecule has 2 atom stereocenters. The van der Waals surface area contributed by atoms with Gasteiger partial charge in [-0.15, -0.1) is 0 Å². The number of hydrogen-bond acceptors (Lipinski definition) is 3. The highest BCUT2D eigenvalue weighted by Crippen LogP contribution is 2.42. The molecule has 19 heavy (non-hydrogen) atoms. The number of rotatable bonds is 3. The van der Waals surface area contributed by atoms with Gasteiger partial charge in [0.25, 0.3) is 0 Å². The van der Waals surface area contributed by atoms with Crippen molar-refractivity contribution in [1.29, 1.82) is 0 Å². The van der Waals surface area contributed by atoms with E-state index in [2.05, 4.69) is 30.7 Å². The first kappa shape index (κ1) is 15.3. The van der Waals surface area contributed by atoms with Crippen LogP contribution in [0.2, 0.25) is 0 Å². The first-order valence-electron chi connectivity index (χ1n) is 8.24. The molecule has 2 aliphatic rings. The van der Waals surface area contributed by atoms with E-state index in [4.69, 9.17) is 5.73 Å². The summed E-state index contributed by atoms with van der Waals surface area (Å²) in [6.45, 7) is 10.5. The van der Waals surface area contributed by atoms with Crippen molar-refractivity contribution in [2.75, 3.05) is 39.8 Å². The molecule has 2 fully saturated rings. The van der Waals surface area contributed by atoms with Gasteiger partial charge in [-0.05, 0) is 44.7 Å². The molecule has 0 aromatic heterocycles. The first-order chi connectivity index (χ1) is 9.10. The van der Waals surface area contributed by atoms with Crippen molar-refractivity contribution in [2.45, 2.75) is 51.5 Å². The highest BCUT2D eigenvalue weighted by Gasteiger charge is 2.45. The lowest BCUT2D eigenvalue weighted by molar-refractivity contribution is -0.0111. The molecule has 1 saturated carbocycles. The Bertz CT molecular complexity index is 279. The Morgan fingerprint density at radius 2 is 1.89 bits per heavy atom. The monoisotopic (exact) mass is 267 g/mol. The molecule has 2 N–H and O–H groups in total. The molecule has 3 heteroatoms. The summed E-state index contributed by atoms with van der Waals surface area (Å²) in [6, 6.07) is 0. The number of nitrogens with zero attached hydrogens (tertiary/aromatic N) is 2. The molecule has 0 amide bonds. The molecule has 2 unspecified atom stereocenters. The van der Waals surface area contributed by atoms with E-state index in [1.807, 2.05) is 0 Å². The van der Waals surface area contributed by atoms with Crippen molar-refractivity contribution in [3.63, 3.8) is 0 Å². The Hall–Kier alpha value is -0.120. The maximum absolute atomic E-state index is 6.33. The van der Waals surface area contributed by atoms with Crippen molar-refractivity contribution in [2.24, 2.45) is 17.6 Å². The van der Waals surface area contributed by atoms with Crippen molar-refractivity contribution in [1.82, 2.24) is 9.80 Å². The minimum Gasteiger partial charge on any atom is -0.329 e. The molecule has 1 heterocycles. The summed E-state index contributed by atoms with van der Waals surface area (Å²) in [5.74, 6) is 1.54. The van der Waals surface area contributed by atoms with Crippen LogP contribution >= 0.6 is 0 Å². The maximum atomic E-state index is 6.33. The van der Waals surface area contributed by atoms with Crippen LogP contribution in [0.1, 0.15) is 46.0 Å². The summed E-state index contributed by atoms with van der Waals surface area (Å²) in [6.07, 6.45) is 6.76. The lowest BCUT2D eigenvalue weighted by atomic mass is 9.66. The molecule has 1 aliphatic heterocycles. The molecule has 0 bridgehead atoms. The minimum atomic E-state index is 0.289. The van der Waals surface area contributed by atoms with E-state index in [0.717, 1.165) is 18.4 Å². The second-order valence-corrected chi connectivity index (χ2v) is 7.05. The predicted octanol–water partition coefficient (Wildman–Crippen LogP) is 2.17. The quantitative estimate of drug-likeness (QED) is 0.850. The van der Waals surface area contributed by atoms with Gasteiger partial charge in [0.05, 0.1) is 0 Å². The van der Waals surface area contributed by atoms with Crippen LogP contribution in [-0.4, -0.2) is 55.1 Å². The van der Waals surface area contributed by atoms with Gasteiger partial charge in [0, 0.05) is 31.7 Å². The fourth-order valence-corrected chi connectivity index (χ4v) is 4.47. The number of hydrogen-bond donors (Lipinski definition) is 1. The van der Waals surface area contributed by atoms with Crippen LogP contribution in [0.15, 0.2) is 0 Å². The molecule has 0 radical (unpaired) electrons. The van der Waals surface area contributed by atoms with E-state index >= 15 is 0 Å². The number of nitrogens with two attached hydrogens (primary N) is 1. The zero-order chi connectivity index (χ0) is 13.9. The van der Waals surface area contributed by atoms with E-state index in [1.165, 1.54) is 58.3 Å². The van der Waals surface area contributed by atoms with Gasteiger partial charge in [-0.2, -0.15) is 0 Å². The molecule has 1 aliphatic carbocycles. The SMILES string of the molecule is CC(C)C1CCCCC1(CN)N1CCCN(C)CC1. The molecule has 0 aromatic carbocycles.